The van der Waals surface area contributed by atoms with Gasteiger partial charge in [0.05, 0.1) is 17.3 Å². The Bertz CT molecular complexity index is 2230. The van der Waals surface area contributed by atoms with Crippen LogP contribution in [-0.4, -0.2) is 15.1 Å². The number of pyridine rings is 1. The van der Waals surface area contributed by atoms with E-state index in [1.165, 1.54) is 23.1 Å². The van der Waals surface area contributed by atoms with Crippen LogP contribution in [0.25, 0.3) is 54.3 Å². The molecule has 0 bridgehead atoms. The maximum absolute atomic E-state index is 14.9. The molecular formula is C41H32FN2OPtS-. The van der Waals surface area contributed by atoms with Crippen molar-refractivity contribution in [3.05, 3.63) is 150 Å². The monoisotopic (exact) mass is 815 g/mol. The summed E-state index contributed by atoms with van der Waals surface area (Å²) in [6.45, 7) is 5.82. The summed E-state index contributed by atoms with van der Waals surface area (Å²) in [6, 6.07) is 40.6. The number of aromatic hydroxyl groups is 1. The number of halogens is 1. The third-order valence-corrected chi connectivity index (χ3v) is 9.48. The van der Waals surface area contributed by atoms with E-state index in [1.54, 1.807) is 6.07 Å². The number of thiazole rings is 1. The van der Waals surface area contributed by atoms with Gasteiger partial charge in [-0.2, -0.15) is 0 Å². The van der Waals surface area contributed by atoms with Gasteiger partial charge in [-0.25, -0.2) is 9.37 Å². The van der Waals surface area contributed by atoms with Crippen LogP contribution in [0.1, 0.15) is 50.6 Å². The molecule has 5 aromatic carbocycles. The molecule has 0 amide bonds. The summed E-state index contributed by atoms with van der Waals surface area (Å²) in [5, 5.41) is 11.9. The van der Waals surface area contributed by atoms with Crippen molar-refractivity contribution < 1.29 is 31.9 Å². The first-order chi connectivity index (χ1) is 22.7. The van der Waals surface area contributed by atoms with Crippen molar-refractivity contribution in [3.8, 4) is 49.8 Å². The first kappa shape index (κ1) is 31.2. The summed E-state index contributed by atoms with van der Waals surface area (Å²) in [5.74, 6) is -0.986. The van der Waals surface area contributed by atoms with Crippen molar-refractivity contribution in [2.24, 2.45) is 0 Å². The first-order valence-corrected chi connectivity index (χ1v) is 16.0. The minimum Gasteiger partial charge on any atom is -0.507 e. The summed E-state index contributed by atoms with van der Waals surface area (Å²) in [4.78, 5) is 9.48. The Morgan fingerprint density at radius 2 is 1.47 bits per heavy atom. The number of aromatic nitrogens is 2. The largest absolute Gasteiger partial charge is 0.507 e. The van der Waals surface area contributed by atoms with Crippen LogP contribution in [0.5, 0.6) is 5.75 Å². The van der Waals surface area contributed by atoms with E-state index in [-0.39, 0.29) is 32.7 Å². The minimum absolute atomic E-state index is 0. The third kappa shape index (κ3) is 6.56. The van der Waals surface area contributed by atoms with Crippen molar-refractivity contribution in [2.45, 2.75) is 32.6 Å². The second kappa shape index (κ2) is 13.7. The molecule has 1 atom stereocenters. The summed E-state index contributed by atoms with van der Waals surface area (Å²) >= 11 is 1.52. The molecule has 236 valence electrons. The summed E-state index contributed by atoms with van der Waals surface area (Å²) in [6.07, 6.45) is 1.25. The molecule has 7 aromatic rings. The SMILES string of the molecule is [2H]C(C)(C)c1cc(-c2cc(-c3ccccc3)c(F)cn2)[c-]c(-c2cccc3sc(-c4ccc(C(C)c5ccccc5)cc4O)nc23)c1.[Pt]. The zero-order chi connectivity index (χ0) is 32.7. The van der Waals surface area contributed by atoms with Crippen LogP contribution >= 0.6 is 11.3 Å². The normalized spacial score (nSPS) is 12.4. The van der Waals surface area contributed by atoms with Gasteiger partial charge in [-0.05, 0) is 40.8 Å². The zero-order valence-corrected chi connectivity index (χ0v) is 29.2. The number of benzene rings is 5. The van der Waals surface area contributed by atoms with Crippen molar-refractivity contribution in [2.75, 3.05) is 0 Å². The van der Waals surface area contributed by atoms with E-state index in [9.17, 15) is 9.50 Å². The van der Waals surface area contributed by atoms with Crippen LogP contribution in [0.3, 0.4) is 0 Å². The van der Waals surface area contributed by atoms with Crippen LogP contribution in [0.2, 0.25) is 0 Å². The molecule has 6 heteroatoms. The molecule has 0 aliphatic carbocycles. The smallest absolute Gasteiger partial charge is 0.147 e. The fraction of sp³-hybridized carbons (Fsp3) is 0.122. The fourth-order valence-corrected chi connectivity index (χ4v) is 6.81. The Morgan fingerprint density at radius 3 is 2.19 bits per heavy atom. The van der Waals surface area contributed by atoms with Crippen LogP contribution in [0, 0.1) is 11.9 Å². The van der Waals surface area contributed by atoms with Gasteiger partial charge in [0, 0.05) is 44.3 Å². The molecule has 0 spiro atoms. The van der Waals surface area contributed by atoms with Crippen molar-refractivity contribution in [1.29, 1.82) is 0 Å². The molecule has 0 radical (unpaired) electrons. The molecule has 0 saturated carbocycles. The van der Waals surface area contributed by atoms with Crippen LogP contribution in [-0.2, 0) is 21.1 Å². The van der Waals surface area contributed by atoms with E-state index >= 15 is 0 Å². The van der Waals surface area contributed by atoms with E-state index < -0.39 is 11.7 Å². The molecule has 3 nitrogen and oxygen atoms in total. The number of rotatable bonds is 7. The predicted molar refractivity (Wildman–Crippen MR) is 188 cm³/mol. The van der Waals surface area contributed by atoms with Gasteiger partial charge in [0.25, 0.3) is 0 Å². The van der Waals surface area contributed by atoms with Gasteiger partial charge in [-0.15, -0.1) is 40.7 Å². The van der Waals surface area contributed by atoms with E-state index in [0.717, 1.165) is 38.0 Å². The molecule has 0 aliphatic rings. The van der Waals surface area contributed by atoms with Crippen molar-refractivity contribution >= 4 is 21.6 Å². The van der Waals surface area contributed by atoms with Gasteiger partial charge < -0.3 is 5.11 Å². The maximum Gasteiger partial charge on any atom is 0.147 e. The topological polar surface area (TPSA) is 46.0 Å². The van der Waals surface area contributed by atoms with Crippen LogP contribution < -0.4 is 0 Å². The molecular weight excluding hydrogens is 783 g/mol. The summed E-state index contributed by atoms with van der Waals surface area (Å²) in [5.41, 5.74) is 8.53. The Hall–Kier alpha value is -4.44. The number of nitrogens with zero attached hydrogens (tertiary/aromatic N) is 2. The second-order valence-corrected chi connectivity index (χ2v) is 12.7. The maximum atomic E-state index is 14.9. The van der Waals surface area contributed by atoms with E-state index in [1.807, 2.05) is 105 Å². The third-order valence-electron chi connectivity index (χ3n) is 8.42. The van der Waals surface area contributed by atoms with E-state index in [2.05, 4.69) is 36.2 Å². The number of phenolic OH excluding ortho intramolecular Hbond substituents is 1. The fourth-order valence-electron chi connectivity index (χ4n) is 5.78. The molecule has 2 aromatic heterocycles. The number of para-hydroxylation sites is 1. The Balaban J connectivity index is 0.00000401. The first-order valence-electron chi connectivity index (χ1n) is 15.7. The molecule has 0 fully saturated rings. The van der Waals surface area contributed by atoms with E-state index in [0.29, 0.717) is 27.4 Å². The van der Waals surface area contributed by atoms with Gasteiger partial charge in [0.15, 0.2) is 0 Å². The average Bonchev–Trinajstić information content (AvgIpc) is 3.52. The van der Waals surface area contributed by atoms with Crippen LogP contribution in [0.15, 0.2) is 121 Å². The Kier molecular flexibility index (Phi) is 9.11. The average molecular weight is 816 g/mol. The summed E-state index contributed by atoms with van der Waals surface area (Å²) in [7, 11) is 0. The number of fused-ring (bicyclic) bond motifs is 1. The second-order valence-electron chi connectivity index (χ2n) is 11.7. The van der Waals surface area contributed by atoms with Gasteiger partial charge in [0.2, 0.25) is 0 Å². The molecule has 7 rings (SSSR count). The Labute approximate surface area is 294 Å². The van der Waals surface area contributed by atoms with Gasteiger partial charge in [0.1, 0.15) is 16.6 Å². The predicted octanol–water partition coefficient (Wildman–Crippen LogP) is 11.3. The number of hydrogen-bond acceptors (Lipinski definition) is 4. The van der Waals surface area contributed by atoms with E-state index in [4.69, 9.17) is 6.35 Å². The standard InChI is InChI=1S/C41H32FN2OS.Pt/c1-25(2)30-19-31(21-32(20-30)37-23-35(36(42)24-43-37)28-13-8-5-9-14-28)33-15-10-16-39-40(33)44-41(46-39)34-18-17-29(22-38(34)45)26(3)27-11-6-4-7-12-27;/h4-20,22-26,45H,1-3H3;/q-1;/i25D;. The minimum atomic E-state index is -0.910. The molecule has 1 N–H and O–H groups in total. The van der Waals surface area contributed by atoms with Gasteiger partial charge in [-0.3, -0.25) is 4.98 Å². The van der Waals surface area contributed by atoms with Crippen LogP contribution in [0.4, 0.5) is 4.39 Å². The molecule has 1 unspecified atom stereocenters. The molecule has 2 heterocycles. The molecule has 47 heavy (non-hydrogen) atoms. The van der Waals surface area contributed by atoms with Crippen molar-refractivity contribution in [3.63, 3.8) is 0 Å². The zero-order valence-electron chi connectivity index (χ0n) is 27.1. The number of phenols is 1. The Morgan fingerprint density at radius 1 is 0.745 bits per heavy atom. The van der Waals surface area contributed by atoms with Gasteiger partial charge >= 0.3 is 0 Å². The van der Waals surface area contributed by atoms with Crippen molar-refractivity contribution in [1.82, 2.24) is 9.97 Å². The molecule has 0 saturated heterocycles. The van der Waals surface area contributed by atoms with Gasteiger partial charge in [-0.1, -0.05) is 117 Å². The summed E-state index contributed by atoms with van der Waals surface area (Å²) < 4.78 is 24.8. The number of hydrogen-bond donors (Lipinski definition) is 1. The molecule has 0 aliphatic heterocycles. The quantitative estimate of drug-likeness (QED) is 0.163.